The van der Waals surface area contributed by atoms with Crippen molar-refractivity contribution >= 4 is 18.4 Å². The lowest BCUT2D eigenvalue weighted by Gasteiger charge is -2.19. The second-order valence-corrected chi connectivity index (χ2v) is 5.80. The molecular weight excluding hydrogens is 300 g/mol. The molecule has 124 valence electrons. The summed E-state index contributed by atoms with van der Waals surface area (Å²) in [4.78, 5) is 20.2. The Morgan fingerprint density at radius 1 is 1.00 bits per heavy atom. The largest absolute Gasteiger partial charge is 0.479 e. The van der Waals surface area contributed by atoms with Gasteiger partial charge in [0.2, 0.25) is 0 Å². The smallest absolute Gasteiger partial charge is 0.331 e. The second-order valence-electron chi connectivity index (χ2n) is 5.80. The van der Waals surface area contributed by atoms with Crippen LogP contribution in [0.4, 0.5) is 0 Å². The fourth-order valence-corrected chi connectivity index (χ4v) is 2.21. The zero-order valence-corrected chi connectivity index (χ0v) is 13.8. The van der Waals surface area contributed by atoms with Gasteiger partial charge in [-0.3, -0.25) is 9.98 Å². The molecule has 2 aromatic carbocycles. The average molecular weight is 322 g/mol. The molecule has 1 atom stereocenters. The molecule has 1 N–H and O–H groups in total. The highest BCUT2D eigenvalue weighted by molar-refractivity contribution is 5.85. The normalized spacial score (nSPS) is 14.0. The molecule has 0 fully saturated rings. The van der Waals surface area contributed by atoms with Crippen LogP contribution in [0.2, 0.25) is 0 Å². The van der Waals surface area contributed by atoms with Gasteiger partial charge >= 0.3 is 5.97 Å². The predicted octanol–water partition coefficient (Wildman–Crippen LogP) is 3.85. The monoisotopic (exact) mass is 322 g/mol. The van der Waals surface area contributed by atoms with Crippen LogP contribution in [0.25, 0.3) is 0 Å². The van der Waals surface area contributed by atoms with Crippen molar-refractivity contribution in [1.82, 2.24) is 0 Å². The first-order chi connectivity index (χ1) is 11.6. The van der Waals surface area contributed by atoms with Crippen LogP contribution in [0.5, 0.6) is 0 Å². The van der Waals surface area contributed by atoms with Gasteiger partial charge in [0.05, 0.1) is 0 Å². The highest BCUT2D eigenvalue weighted by Crippen LogP contribution is 2.18. The summed E-state index contributed by atoms with van der Waals surface area (Å²) in [5, 5.41) is 9.49. The van der Waals surface area contributed by atoms with Crippen LogP contribution in [0.3, 0.4) is 0 Å². The van der Waals surface area contributed by atoms with Gasteiger partial charge in [-0.05, 0) is 30.9 Å². The maximum atomic E-state index is 11.6. The van der Waals surface area contributed by atoms with Crippen LogP contribution < -0.4 is 0 Å². The number of carboxylic acids is 1. The van der Waals surface area contributed by atoms with E-state index in [1.54, 1.807) is 13.1 Å². The Morgan fingerprint density at radius 3 is 2.08 bits per heavy atom. The molecule has 2 aromatic rings. The molecule has 0 bridgehead atoms. The first-order valence-corrected chi connectivity index (χ1v) is 7.99. The van der Waals surface area contributed by atoms with E-state index in [4.69, 9.17) is 0 Å². The molecule has 4 heteroatoms. The molecule has 0 aliphatic heterocycles. The minimum atomic E-state index is -1.13. The number of nitrogens with zero attached hydrogens (tertiary/aromatic N) is 2. The van der Waals surface area contributed by atoms with Gasteiger partial charge in [-0.25, -0.2) is 4.79 Å². The Kier molecular flexibility index (Phi) is 6.43. The number of hydrogen-bond acceptors (Lipinski definition) is 3. The Morgan fingerprint density at radius 2 is 1.54 bits per heavy atom. The molecule has 0 heterocycles. The molecule has 0 spiro atoms. The quantitative estimate of drug-likeness (QED) is 0.593. The zero-order valence-electron chi connectivity index (χ0n) is 13.8. The molecule has 2 rings (SSSR count). The fraction of sp³-hybridized carbons (Fsp3) is 0.250. The second kappa shape index (κ2) is 8.77. The Labute approximate surface area is 142 Å². The molecule has 0 radical (unpaired) electrons. The highest BCUT2D eigenvalue weighted by Gasteiger charge is 2.31. The van der Waals surface area contributed by atoms with Crippen molar-refractivity contribution in [3.05, 3.63) is 71.8 Å². The topological polar surface area (TPSA) is 62.0 Å². The third-order valence-electron chi connectivity index (χ3n) is 3.75. The Hall–Kier alpha value is -2.75. The number of hydrogen-bond donors (Lipinski definition) is 1. The molecule has 0 aliphatic carbocycles. The number of carbonyl (C=O) groups is 1. The fourth-order valence-electron chi connectivity index (χ4n) is 2.21. The van der Waals surface area contributed by atoms with E-state index in [0.717, 1.165) is 11.1 Å². The van der Waals surface area contributed by atoms with E-state index in [9.17, 15) is 9.90 Å². The van der Waals surface area contributed by atoms with Crippen LogP contribution in [-0.2, 0) is 4.79 Å². The van der Waals surface area contributed by atoms with Gasteiger partial charge in [0, 0.05) is 19.0 Å². The van der Waals surface area contributed by atoms with Crippen molar-refractivity contribution in [2.45, 2.75) is 25.3 Å². The van der Waals surface area contributed by atoms with Crippen LogP contribution in [0.15, 0.2) is 70.6 Å². The third-order valence-corrected chi connectivity index (χ3v) is 3.75. The lowest BCUT2D eigenvalue weighted by atomic mass is 9.96. The third kappa shape index (κ3) is 5.47. The summed E-state index contributed by atoms with van der Waals surface area (Å²) in [6.45, 7) is 2.23. The van der Waals surface area contributed by atoms with Crippen molar-refractivity contribution in [2.75, 3.05) is 6.54 Å². The van der Waals surface area contributed by atoms with Crippen molar-refractivity contribution in [1.29, 1.82) is 0 Å². The summed E-state index contributed by atoms with van der Waals surface area (Å²) in [5.41, 5.74) is 0.811. The van der Waals surface area contributed by atoms with E-state index in [0.29, 0.717) is 19.4 Å². The van der Waals surface area contributed by atoms with Gasteiger partial charge in [0.15, 0.2) is 5.54 Å². The average Bonchev–Trinajstić information content (AvgIpc) is 2.61. The van der Waals surface area contributed by atoms with Crippen LogP contribution >= 0.6 is 0 Å². The summed E-state index contributed by atoms with van der Waals surface area (Å²) < 4.78 is 0. The summed E-state index contributed by atoms with van der Waals surface area (Å²) in [6.07, 6.45) is 4.54. The summed E-state index contributed by atoms with van der Waals surface area (Å²) in [5.74, 6) is -0.915. The van der Waals surface area contributed by atoms with E-state index in [-0.39, 0.29) is 0 Å². The van der Waals surface area contributed by atoms with Crippen LogP contribution in [0, 0.1) is 0 Å². The van der Waals surface area contributed by atoms with Gasteiger partial charge in [0.1, 0.15) is 0 Å². The molecule has 0 saturated heterocycles. The molecular formula is C20H22N2O2. The molecule has 24 heavy (non-hydrogen) atoms. The number of aliphatic imine (C=N–C) groups is 2. The number of rotatable bonds is 8. The summed E-state index contributed by atoms with van der Waals surface area (Å²) in [7, 11) is 0. The van der Waals surface area contributed by atoms with Gasteiger partial charge < -0.3 is 5.11 Å². The minimum absolute atomic E-state index is 0.442. The molecule has 4 nitrogen and oxygen atoms in total. The number of carboxylic acid groups (broad SMARTS) is 1. The maximum Gasteiger partial charge on any atom is 0.331 e. The predicted molar refractivity (Wildman–Crippen MR) is 98.2 cm³/mol. The van der Waals surface area contributed by atoms with E-state index >= 15 is 0 Å². The van der Waals surface area contributed by atoms with E-state index < -0.39 is 11.5 Å². The van der Waals surface area contributed by atoms with Gasteiger partial charge in [-0.15, -0.1) is 0 Å². The van der Waals surface area contributed by atoms with Gasteiger partial charge in [-0.2, -0.15) is 0 Å². The standard InChI is InChI=1S/C20H22N2O2/c1-20(19(23)24,22-16-18-11-6-3-7-12-18)13-8-14-21-15-17-9-4-2-5-10-17/h2-7,9-12,15-16H,8,13-14H2,1H3,(H,23,24)/b21-15+,22-16+. The molecule has 0 amide bonds. The summed E-state index contributed by atoms with van der Waals surface area (Å²) >= 11 is 0. The van der Waals surface area contributed by atoms with Crippen LogP contribution in [-0.4, -0.2) is 35.6 Å². The highest BCUT2D eigenvalue weighted by atomic mass is 16.4. The first-order valence-electron chi connectivity index (χ1n) is 7.99. The first kappa shape index (κ1) is 17.6. The zero-order chi connectivity index (χ0) is 17.3. The SMILES string of the molecule is CC(CCC/N=C/c1ccccc1)(/N=C/c1ccccc1)C(=O)O. The number of benzene rings is 2. The lowest BCUT2D eigenvalue weighted by molar-refractivity contribution is -0.142. The number of aliphatic carboxylic acids is 1. The van der Waals surface area contributed by atoms with E-state index in [1.807, 2.05) is 66.9 Å². The van der Waals surface area contributed by atoms with E-state index in [2.05, 4.69) is 9.98 Å². The molecule has 1 unspecified atom stereocenters. The molecule has 0 saturated carbocycles. The lowest BCUT2D eigenvalue weighted by Crippen LogP contribution is -2.33. The van der Waals surface area contributed by atoms with E-state index in [1.165, 1.54) is 0 Å². The molecule has 0 aliphatic rings. The van der Waals surface area contributed by atoms with Crippen molar-refractivity contribution in [2.24, 2.45) is 9.98 Å². The van der Waals surface area contributed by atoms with Gasteiger partial charge in [-0.1, -0.05) is 60.7 Å². The van der Waals surface area contributed by atoms with Crippen molar-refractivity contribution in [3.63, 3.8) is 0 Å². The van der Waals surface area contributed by atoms with Crippen LogP contribution in [0.1, 0.15) is 30.9 Å². The van der Waals surface area contributed by atoms with Gasteiger partial charge in [0.25, 0.3) is 0 Å². The Bertz CT molecular complexity index is 696. The minimum Gasteiger partial charge on any atom is -0.479 e. The molecule has 0 aromatic heterocycles. The van der Waals surface area contributed by atoms with Crippen molar-refractivity contribution < 1.29 is 9.90 Å². The Balaban J connectivity index is 1.90. The summed E-state index contributed by atoms with van der Waals surface area (Å²) in [6, 6.07) is 19.4. The van der Waals surface area contributed by atoms with Crippen molar-refractivity contribution in [3.8, 4) is 0 Å². The maximum absolute atomic E-state index is 11.6.